The van der Waals surface area contributed by atoms with Gasteiger partial charge in [-0.3, -0.25) is 0 Å². The van der Waals surface area contributed by atoms with Crippen molar-refractivity contribution in [3.05, 3.63) is 29.8 Å². The number of hydrogen-bond acceptors (Lipinski definition) is 3. The quantitative estimate of drug-likeness (QED) is 0.889. The molecule has 18 heavy (non-hydrogen) atoms. The minimum Gasteiger partial charge on any atom is -0.389 e. The summed E-state index contributed by atoms with van der Waals surface area (Å²) in [5.41, 5.74) is 2.22. The maximum Gasteiger partial charge on any atom is 0.0761 e. The molecule has 0 bridgehead atoms. The van der Waals surface area contributed by atoms with Crippen LogP contribution in [-0.4, -0.2) is 43.2 Å². The number of hydrogen-bond donors (Lipinski definition) is 1. The second-order valence-electron chi connectivity index (χ2n) is 5.44. The summed E-state index contributed by atoms with van der Waals surface area (Å²) < 4.78 is 0. The van der Waals surface area contributed by atoms with E-state index in [9.17, 15) is 5.11 Å². The normalized spacial score (nSPS) is 22.8. The monoisotopic (exact) mass is 248 g/mol. The third-order valence-corrected chi connectivity index (χ3v) is 3.93. The summed E-state index contributed by atoms with van der Waals surface area (Å²) in [5.74, 6) is 0. The molecule has 0 aliphatic carbocycles. The third-order valence-electron chi connectivity index (χ3n) is 3.93. The van der Waals surface area contributed by atoms with Crippen molar-refractivity contribution >= 4 is 5.69 Å². The van der Waals surface area contributed by atoms with E-state index in [2.05, 4.69) is 36.0 Å². The highest BCUT2D eigenvalue weighted by molar-refractivity contribution is 5.48. The van der Waals surface area contributed by atoms with E-state index in [1.807, 2.05) is 12.1 Å². The minimum absolute atomic E-state index is 0.384. The maximum absolute atomic E-state index is 9.52. The molecule has 1 aromatic rings. The van der Waals surface area contributed by atoms with Gasteiger partial charge in [0.25, 0.3) is 0 Å². The molecule has 0 radical (unpaired) electrons. The minimum atomic E-state index is -0.384. The molecule has 100 valence electrons. The Hall–Kier alpha value is -1.06. The highest BCUT2D eigenvalue weighted by Gasteiger charge is 2.21. The molecule has 1 unspecified atom stereocenters. The molecule has 0 aromatic heterocycles. The van der Waals surface area contributed by atoms with Crippen LogP contribution in [0.2, 0.25) is 0 Å². The summed E-state index contributed by atoms with van der Waals surface area (Å²) in [5, 5.41) is 9.52. The Morgan fingerprint density at radius 1 is 1.33 bits per heavy atom. The highest BCUT2D eigenvalue weighted by Crippen LogP contribution is 2.23. The van der Waals surface area contributed by atoms with Crippen molar-refractivity contribution in [2.75, 3.05) is 32.1 Å². The molecule has 1 aromatic carbocycles. The van der Waals surface area contributed by atoms with Crippen LogP contribution in [0.5, 0.6) is 0 Å². The molecule has 3 nitrogen and oxygen atoms in total. The fourth-order valence-corrected chi connectivity index (χ4v) is 2.65. The van der Waals surface area contributed by atoms with Gasteiger partial charge >= 0.3 is 0 Å². The van der Waals surface area contributed by atoms with Crippen LogP contribution in [-0.2, 0) is 0 Å². The number of likely N-dealkylation sites (N-methyl/N-ethyl adjacent to an activating group) is 2. The van der Waals surface area contributed by atoms with Gasteiger partial charge in [0.2, 0.25) is 0 Å². The van der Waals surface area contributed by atoms with Crippen molar-refractivity contribution < 1.29 is 5.11 Å². The molecule has 1 heterocycles. The molecule has 2 atom stereocenters. The molecular formula is C15H24N2O. The van der Waals surface area contributed by atoms with E-state index < -0.39 is 0 Å². The Balaban J connectivity index is 2.05. The van der Waals surface area contributed by atoms with Crippen molar-refractivity contribution in [2.24, 2.45) is 0 Å². The van der Waals surface area contributed by atoms with Gasteiger partial charge in [0.05, 0.1) is 6.10 Å². The van der Waals surface area contributed by atoms with E-state index in [1.165, 1.54) is 25.1 Å². The van der Waals surface area contributed by atoms with Crippen molar-refractivity contribution in [1.82, 2.24) is 4.90 Å². The van der Waals surface area contributed by atoms with Gasteiger partial charge in [0, 0.05) is 25.3 Å². The van der Waals surface area contributed by atoms with Crippen molar-refractivity contribution in [1.29, 1.82) is 0 Å². The van der Waals surface area contributed by atoms with E-state index in [0.29, 0.717) is 6.04 Å². The Labute approximate surface area is 110 Å². The zero-order valence-corrected chi connectivity index (χ0v) is 11.6. The second kappa shape index (κ2) is 5.72. The molecule has 0 saturated carbocycles. The number of piperidine rings is 1. The zero-order valence-electron chi connectivity index (χ0n) is 11.6. The topological polar surface area (TPSA) is 26.7 Å². The number of rotatable bonds is 3. The van der Waals surface area contributed by atoms with E-state index in [1.54, 1.807) is 6.92 Å². The Kier molecular flexibility index (Phi) is 4.25. The fraction of sp³-hybridized carbons (Fsp3) is 0.600. The lowest BCUT2D eigenvalue weighted by molar-refractivity contribution is 0.199. The first kappa shape index (κ1) is 13.4. The molecular weight excluding hydrogens is 224 g/mol. The fourth-order valence-electron chi connectivity index (χ4n) is 2.65. The second-order valence-corrected chi connectivity index (χ2v) is 5.44. The van der Waals surface area contributed by atoms with Gasteiger partial charge in [-0.05, 0) is 51.1 Å². The van der Waals surface area contributed by atoms with Crippen LogP contribution < -0.4 is 4.90 Å². The van der Waals surface area contributed by atoms with Crippen LogP contribution in [0.3, 0.4) is 0 Å². The van der Waals surface area contributed by atoms with E-state index in [4.69, 9.17) is 0 Å². The average Bonchev–Trinajstić information content (AvgIpc) is 2.38. The van der Waals surface area contributed by atoms with Gasteiger partial charge in [-0.25, -0.2) is 0 Å². The number of anilines is 1. The molecule has 0 amide bonds. The molecule has 1 fully saturated rings. The van der Waals surface area contributed by atoms with Crippen LogP contribution >= 0.6 is 0 Å². The van der Waals surface area contributed by atoms with Gasteiger partial charge < -0.3 is 14.9 Å². The Bertz CT molecular complexity index is 375. The predicted molar refractivity (Wildman–Crippen MR) is 76.0 cm³/mol. The predicted octanol–water partition coefficient (Wildman–Crippen LogP) is 2.27. The lowest BCUT2D eigenvalue weighted by atomic mass is 10.0. The number of nitrogens with zero attached hydrogens (tertiary/aromatic N) is 2. The molecule has 1 aliphatic rings. The summed E-state index contributed by atoms with van der Waals surface area (Å²) in [6.45, 7) is 4.15. The first-order valence-corrected chi connectivity index (χ1v) is 6.77. The van der Waals surface area contributed by atoms with Crippen LogP contribution in [0.4, 0.5) is 5.69 Å². The first-order valence-electron chi connectivity index (χ1n) is 6.77. The average molecular weight is 248 g/mol. The third kappa shape index (κ3) is 3.03. The van der Waals surface area contributed by atoms with Gasteiger partial charge in [0.15, 0.2) is 0 Å². The standard InChI is InChI=1S/C15H24N2O/c1-12(18)13-6-8-14(9-7-13)17(3)15-5-4-10-16(2)11-15/h6-9,12,15,18H,4-5,10-11H2,1-3H3/t12-,15?/m1/s1. The molecule has 1 N–H and O–H groups in total. The van der Waals surface area contributed by atoms with Gasteiger partial charge in [-0.2, -0.15) is 0 Å². The van der Waals surface area contributed by atoms with Gasteiger partial charge in [-0.15, -0.1) is 0 Å². The summed E-state index contributed by atoms with van der Waals surface area (Å²) >= 11 is 0. The number of benzene rings is 1. The Morgan fingerprint density at radius 3 is 2.56 bits per heavy atom. The van der Waals surface area contributed by atoms with E-state index in [-0.39, 0.29) is 6.10 Å². The summed E-state index contributed by atoms with van der Waals surface area (Å²) in [7, 11) is 4.36. The van der Waals surface area contributed by atoms with Crippen molar-refractivity contribution in [2.45, 2.75) is 31.9 Å². The van der Waals surface area contributed by atoms with Gasteiger partial charge in [-0.1, -0.05) is 12.1 Å². The Morgan fingerprint density at radius 2 is 2.00 bits per heavy atom. The van der Waals surface area contributed by atoms with E-state index >= 15 is 0 Å². The molecule has 0 spiro atoms. The largest absolute Gasteiger partial charge is 0.389 e. The zero-order chi connectivity index (χ0) is 13.1. The van der Waals surface area contributed by atoms with Crippen LogP contribution in [0.15, 0.2) is 24.3 Å². The highest BCUT2D eigenvalue weighted by atomic mass is 16.3. The SMILES string of the molecule is C[C@@H](O)c1ccc(N(C)C2CCCN(C)C2)cc1. The van der Waals surface area contributed by atoms with Crippen LogP contribution in [0, 0.1) is 0 Å². The van der Waals surface area contributed by atoms with Crippen molar-refractivity contribution in [3.8, 4) is 0 Å². The summed E-state index contributed by atoms with van der Waals surface area (Å²) in [6, 6.07) is 8.85. The smallest absolute Gasteiger partial charge is 0.0761 e. The number of aliphatic hydroxyl groups excluding tert-OH is 1. The number of likely N-dealkylation sites (tertiary alicyclic amines) is 1. The summed E-state index contributed by atoms with van der Waals surface area (Å²) in [4.78, 5) is 4.76. The molecule has 3 heteroatoms. The lowest BCUT2D eigenvalue weighted by Gasteiger charge is -2.37. The van der Waals surface area contributed by atoms with Crippen molar-refractivity contribution in [3.63, 3.8) is 0 Å². The lowest BCUT2D eigenvalue weighted by Crippen LogP contribution is -2.45. The number of aliphatic hydroxyl groups is 1. The first-order chi connectivity index (χ1) is 8.58. The molecule has 2 rings (SSSR count). The molecule has 1 saturated heterocycles. The van der Waals surface area contributed by atoms with E-state index in [0.717, 1.165) is 12.1 Å². The molecule has 1 aliphatic heterocycles. The van der Waals surface area contributed by atoms with Crippen LogP contribution in [0.25, 0.3) is 0 Å². The van der Waals surface area contributed by atoms with Gasteiger partial charge in [0.1, 0.15) is 0 Å². The van der Waals surface area contributed by atoms with Crippen LogP contribution in [0.1, 0.15) is 31.4 Å². The maximum atomic E-state index is 9.52. The summed E-state index contributed by atoms with van der Waals surface area (Å²) in [6.07, 6.45) is 2.15.